The lowest BCUT2D eigenvalue weighted by atomic mass is 9.98. The van der Waals surface area contributed by atoms with Gasteiger partial charge >= 0.3 is 5.97 Å². The van der Waals surface area contributed by atoms with E-state index >= 15 is 0 Å². The van der Waals surface area contributed by atoms with E-state index in [9.17, 15) is 4.79 Å². The van der Waals surface area contributed by atoms with Gasteiger partial charge in [0.05, 0.1) is 0 Å². The van der Waals surface area contributed by atoms with Gasteiger partial charge in [-0.1, -0.05) is 67.1 Å². The van der Waals surface area contributed by atoms with Gasteiger partial charge in [-0.3, -0.25) is 4.90 Å². The minimum absolute atomic E-state index is 0.364. The summed E-state index contributed by atoms with van der Waals surface area (Å²) in [6, 6.07) is 19.4. The molecule has 0 saturated heterocycles. The van der Waals surface area contributed by atoms with Crippen LogP contribution >= 0.6 is 11.6 Å². The molecule has 0 bridgehead atoms. The summed E-state index contributed by atoms with van der Waals surface area (Å²) in [5.74, 6) is 0.615. The molecule has 1 aliphatic rings. The number of rotatable bonds is 7. The molecule has 1 aliphatic heterocycles. The van der Waals surface area contributed by atoms with E-state index in [0.29, 0.717) is 46.8 Å². The molecule has 0 aliphatic carbocycles. The van der Waals surface area contributed by atoms with Crippen LogP contribution in [0.1, 0.15) is 52.9 Å². The highest BCUT2D eigenvalue weighted by atomic mass is 35.5. The van der Waals surface area contributed by atoms with Crippen LogP contribution in [0.5, 0.6) is 11.5 Å². The number of para-hydroxylation sites is 1. The lowest BCUT2D eigenvalue weighted by Crippen LogP contribution is -2.26. The predicted molar refractivity (Wildman–Crippen MR) is 127 cm³/mol. The minimum Gasteiger partial charge on any atom is -0.488 e. The molecule has 32 heavy (non-hydrogen) atoms. The van der Waals surface area contributed by atoms with E-state index in [-0.39, 0.29) is 0 Å². The number of carbonyl (C=O) groups is 1. The Hall–Kier alpha value is -2.82. The van der Waals surface area contributed by atoms with Gasteiger partial charge in [-0.25, -0.2) is 4.79 Å². The molecular formula is C27H28ClNO3. The Morgan fingerprint density at radius 1 is 1.03 bits per heavy atom. The Kier molecular flexibility index (Phi) is 6.83. The fourth-order valence-corrected chi connectivity index (χ4v) is 4.34. The fraction of sp³-hybridized carbons (Fsp3) is 0.296. The highest BCUT2D eigenvalue weighted by Crippen LogP contribution is 2.43. The monoisotopic (exact) mass is 449 g/mol. The number of hydrogen-bond acceptors (Lipinski definition) is 4. The third-order valence-electron chi connectivity index (χ3n) is 6.16. The van der Waals surface area contributed by atoms with Crippen molar-refractivity contribution in [2.45, 2.75) is 52.9 Å². The summed E-state index contributed by atoms with van der Waals surface area (Å²) in [5.41, 5.74) is 4.16. The molecule has 0 N–H and O–H groups in total. The molecule has 3 aromatic rings. The first-order valence-corrected chi connectivity index (χ1v) is 11.4. The summed E-state index contributed by atoms with van der Waals surface area (Å²) in [5, 5.41) is 0.623. The van der Waals surface area contributed by atoms with Crippen LogP contribution in [0.4, 0.5) is 0 Å². The van der Waals surface area contributed by atoms with Gasteiger partial charge in [0.2, 0.25) is 0 Å². The Balaban J connectivity index is 1.75. The zero-order valence-electron chi connectivity index (χ0n) is 18.7. The highest BCUT2D eigenvalue weighted by molar-refractivity contribution is 6.33. The van der Waals surface area contributed by atoms with Crippen LogP contribution in [0, 0.1) is 6.92 Å². The molecule has 1 heterocycles. The lowest BCUT2D eigenvalue weighted by Gasteiger charge is -2.22. The molecular weight excluding hydrogens is 422 g/mol. The molecule has 0 radical (unpaired) electrons. The summed E-state index contributed by atoms with van der Waals surface area (Å²) in [7, 11) is 0. The molecule has 0 amide bonds. The maximum atomic E-state index is 13.3. The first-order chi connectivity index (χ1) is 15.5. The van der Waals surface area contributed by atoms with E-state index in [1.54, 1.807) is 12.1 Å². The number of nitrogens with zero attached hydrogens (tertiary/aromatic N) is 1. The normalized spacial score (nSPS) is 14.1. The number of hydrogen-bond donors (Lipinski definition) is 0. The summed E-state index contributed by atoms with van der Waals surface area (Å²) >= 11 is 6.80. The zero-order valence-corrected chi connectivity index (χ0v) is 19.5. The highest BCUT2D eigenvalue weighted by Gasteiger charge is 2.33. The summed E-state index contributed by atoms with van der Waals surface area (Å²) in [6.07, 6.45) is 1.04. The molecule has 0 fully saturated rings. The van der Waals surface area contributed by atoms with Crippen molar-refractivity contribution in [2.24, 2.45) is 0 Å². The van der Waals surface area contributed by atoms with E-state index in [2.05, 4.69) is 18.7 Å². The van der Waals surface area contributed by atoms with Crippen molar-refractivity contribution in [1.29, 1.82) is 0 Å². The lowest BCUT2D eigenvalue weighted by molar-refractivity contribution is 0.0728. The van der Waals surface area contributed by atoms with Gasteiger partial charge in [0, 0.05) is 29.7 Å². The number of fused-ring (bicyclic) bond motifs is 1. The Labute approximate surface area is 194 Å². The van der Waals surface area contributed by atoms with Crippen molar-refractivity contribution < 1.29 is 14.3 Å². The molecule has 166 valence electrons. The molecule has 0 aromatic heterocycles. The van der Waals surface area contributed by atoms with Crippen molar-refractivity contribution in [1.82, 2.24) is 4.90 Å². The third-order valence-corrected chi connectivity index (χ3v) is 6.67. The summed E-state index contributed by atoms with van der Waals surface area (Å²) in [6.45, 7) is 8.06. The second-order valence-corrected chi connectivity index (χ2v) is 8.62. The second kappa shape index (κ2) is 9.76. The summed E-state index contributed by atoms with van der Waals surface area (Å²) < 4.78 is 12.0. The molecule has 0 unspecified atom stereocenters. The SMILES string of the molecule is CC[C@@H](C)N1Cc2c(Cl)c(C)c(C(=O)Oc3ccccc3)c(OCc3ccccc3)c2C1. The van der Waals surface area contributed by atoms with Crippen LogP contribution in [0.15, 0.2) is 60.7 Å². The number of benzene rings is 3. The van der Waals surface area contributed by atoms with Crippen molar-refractivity contribution >= 4 is 17.6 Å². The molecule has 3 aromatic carbocycles. The zero-order chi connectivity index (χ0) is 22.7. The molecule has 0 saturated carbocycles. The standard InChI is InChI=1S/C27H28ClNO3/c1-4-18(2)29-15-22-23(16-29)26(31-17-20-11-7-5-8-12-20)24(19(3)25(22)28)27(30)32-21-13-9-6-10-14-21/h5-14,18H,4,15-17H2,1-3H3/t18-/m1/s1. The fourth-order valence-electron chi connectivity index (χ4n) is 4.07. The quantitative estimate of drug-likeness (QED) is 0.302. The van der Waals surface area contributed by atoms with Gasteiger partial charge in [0.15, 0.2) is 0 Å². The van der Waals surface area contributed by atoms with Crippen molar-refractivity contribution in [2.75, 3.05) is 0 Å². The number of carbonyl (C=O) groups excluding carboxylic acids is 1. The van der Waals surface area contributed by atoms with Crippen molar-refractivity contribution in [3.63, 3.8) is 0 Å². The first kappa shape index (κ1) is 22.4. The first-order valence-electron chi connectivity index (χ1n) is 11.0. The Morgan fingerprint density at radius 2 is 1.66 bits per heavy atom. The number of esters is 1. The average Bonchev–Trinajstić information content (AvgIpc) is 3.27. The van der Waals surface area contributed by atoms with Crippen LogP contribution in [-0.4, -0.2) is 16.9 Å². The second-order valence-electron chi connectivity index (χ2n) is 8.24. The third kappa shape index (κ3) is 4.52. The van der Waals surface area contributed by atoms with E-state index in [4.69, 9.17) is 21.1 Å². The number of halogens is 1. The predicted octanol–water partition coefficient (Wildman–Crippen LogP) is 6.56. The van der Waals surface area contributed by atoms with Gasteiger partial charge in [-0.05, 0) is 49.1 Å². The van der Waals surface area contributed by atoms with Crippen LogP contribution in [0.3, 0.4) is 0 Å². The van der Waals surface area contributed by atoms with Gasteiger partial charge < -0.3 is 9.47 Å². The van der Waals surface area contributed by atoms with Crippen molar-refractivity contribution in [3.8, 4) is 11.5 Å². The maximum Gasteiger partial charge on any atom is 0.347 e. The topological polar surface area (TPSA) is 38.8 Å². The van der Waals surface area contributed by atoms with Gasteiger partial charge in [-0.2, -0.15) is 0 Å². The van der Waals surface area contributed by atoms with Gasteiger partial charge in [0.25, 0.3) is 0 Å². The van der Waals surface area contributed by atoms with Crippen LogP contribution < -0.4 is 9.47 Å². The van der Waals surface area contributed by atoms with E-state index in [1.807, 2.05) is 55.5 Å². The number of ether oxygens (including phenoxy) is 2. The Morgan fingerprint density at radius 3 is 2.31 bits per heavy atom. The molecule has 1 atom stereocenters. The van der Waals surface area contributed by atoms with Crippen LogP contribution in [-0.2, 0) is 19.7 Å². The van der Waals surface area contributed by atoms with Gasteiger partial charge in [-0.15, -0.1) is 0 Å². The van der Waals surface area contributed by atoms with E-state index in [1.165, 1.54) is 0 Å². The van der Waals surface area contributed by atoms with Crippen molar-refractivity contribution in [3.05, 3.63) is 93.5 Å². The van der Waals surface area contributed by atoms with Crippen LogP contribution in [0.25, 0.3) is 0 Å². The van der Waals surface area contributed by atoms with E-state index in [0.717, 1.165) is 29.7 Å². The molecule has 4 rings (SSSR count). The van der Waals surface area contributed by atoms with E-state index < -0.39 is 5.97 Å². The van der Waals surface area contributed by atoms with Crippen LogP contribution in [0.2, 0.25) is 5.02 Å². The molecule has 4 nitrogen and oxygen atoms in total. The minimum atomic E-state index is -0.455. The smallest absolute Gasteiger partial charge is 0.347 e. The van der Waals surface area contributed by atoms with Gasteiger partial charge in [0.1, 0.15) is 23.7 Å². The molecule has 0 spiro atoms. The largest absolute Gasteiger partial charge is 0.488 e. The summed E-state index contributed by atoms with van der Waals surface area (Å²) in [4.78, 5) is 15.7. The molecule has 5 heteroatoms. The maximum absolute atomic E-state index is 13.3. The average molecular weight is 450 g/mol. The Bertz CT molecular complexity index is 1100.